The van der Waals surface area contributed by atoms with Crippen LogP contribution in [0.3, 0.4) is 0 Å². The summed E-state index contributed by atoms with van der Waals surface area (Å²) in [5.41, 5.74) is 5.50. The number of fused-ring (bicyclic) bond motifs is 1. The van der Waals surface area contributed by atoms with Gasteiger partial charge in [-0.3, -0.25) is 9.78 Å². The summed E-state index contributed by atoms with van der Waals surface area (Å²) < 4.78 is 5.25. The fourth-order valence-electron chi connectivity index (χ4n) is 3.39. The molecule has 1 aromatic heterocycles. The Labute approximate surface area is 150 Å². The van der Waals surface area contributed by atoms with Crippen molar-refractivity contribution in [2.75, 3.05) is 7.11 Å². The van der Waals surface area contributed by atoms with Crippen molar-refractivity contribution in [1.29, 1.82) is 0 Å². The number of carbonyl (C=O) groups is 1. The Bertz CT molecular complexity index is 802. The summed E-state index contributed by atoms with van der Waals surface area (Å²) in [7, 11) is 1.64. The monoisotopic (exact) mass is 386 g/mol. The number of benzene rings is 1. The number of hydrogen-bond donors (Lipinski definition) is 0. The highest BCUT2D eigenvalue weighted by molar-refractivity contribution is 9.08. The van der Waals surface area contributed by atoms with Crippen LogP contribution in [0.25, 0.3) is 0 Å². The fraction of sp³-hybridized carbons (Fsp3) is 0.368. The zero-order chi connectivity index (χ0) is 16.7. The summed E-state index contributed by atoms with van der Waals surface area (Å²) in [5, 5.41) is 0.782. The summed E-state index contributed by atoms with van der Waals surface area (Å²) in [6, 6.07) is 8.02. The van der Waals surface area contributed by atoms with Crippen LogP contribution in [0.5, 0.6) is 5.75 Å². The molecule has 1 aromatic carbocycles. The molecule has 0 atom stereocenters. The van der Waals surface area contributed by atoms with E-state index in [0.717, 1.165) is 22.3 Å². The molecule has 4 rings (SSSR count). The maximum Gasteiger partial charge on any atom is 0.254 e. The van der Waals surface area contributed by atoms with E-state index in [9.17, 15) is 4.79 Å². The number of pyridine rings is 1. The van der Waals surface area contributed by atoms with Crippen LogP contribution in [0.4, 0.5) is 0 Å². The number of amides is 1. The smallest absolute Gasteiger partial charge is 0.254 e. The summed E-state index contributed by atoms with van der Waals surface area (Å²) in [4.78, 5) is 19.1. The largest absolute Gasteiger partial charge is 0.497 e. The molecular weight excluding hydrogens is 368 g/mol. The Morgan fingerprint density at radius 1 is 1.33 bits per heavy atom. The maximum atomic E-state index is 12.9. The van der Waals surface area contributed by atoms with Crippen LogP contribution in [-0.2, 0) is 18.4 Å². The quantitative estimate of drug-likeness (QED) is 0.728. The van der Waals surface area contributed by atoms with E-state index in [0.29, 0.717) is 19.0 Å². The lowest BCUT2D eigenvalue weighted by Gasteiger charge is -2.15. The van der Waals surface area contributed by atoms with Gasteiger partial charge in [0, 0.05) is 29.7 Å². The van der Waals surface area contributed by atoms with Gasteiger partial charge >= 0.3 is 0 Å². The van der Waals surface area contributed by atoms with Gasteiger partial charge in [0.2, 0.25) is 0 Å². The Balaban J connectivity index is 1.63. The first-order valence-corrected chi connectivity index (χ1v) is 9.31. The molecule has 0 bridgehead atoms. The molecule has 1 amide bonds. The van der Waals surface area contributed by atoms with E-state index in [1.165, 1.54) is 29.5 Å². The standard InChI is InChI=1S/C19H19BrN2O2/c1-24-15-4-5-21-14(8-15)10-22-11-18-16(13-2-3-13)6-12(9-20)7-17(18)19(22)23/h4-8,13H,2-3,9-11H2,1H3. The van der Waals surface area contributed by atoms with Crippen molar-refractivity contribution in [2.45, 2.75) is 37.2 Å². The molecule has 0 radical (unpaired) electrons. The van der Waals surface area contributed by atoms with Gasteiger partial charge in [-0.2, -0.15) is 0 Å². The van der Waals surface area contributed by atoms with Crippen molar-refractivity contribution in [3.05, 3.63) is 58.4 Å². The lowest BCUT2D eigenvalue weighted by atomic mass is 9.97. The molecule has 1 fully saturated rings. The summed E-state index contributed by atoms with van der Waals surface area (Å²) >= 11 is 3.53. The number of carbonyl (C=O) groups excluding carboxylic acids is 1. The topological polar surface area (TPSA) is 42.4 Å². The molecule has 0 N–H and O–H groups in total. The van der Waals surface area contributed by atoms with E-state index in [-0.39, 0.29) is 5.91 Å². The molecule has 2 aliphatic rings. The van der Waals surface area contributed by atoms with E-state index >= 15 is 0 Å². The Kier molecular flexibility index (Phi) is 4.04. The van der Waals surface area contributed by atoms with Crippen LogP contribution in [0.1, 0.15) is 51.5 Å². The first-order chi connectivity index (χ1) is 11.7. The van der Waals surface area contributed by atoms with Gasteiger partial charge in [-0.25, -0.2) is 0 Å². The van der Waals surface area contributed by atoms with Crippen molar-refractivity contribution < 1.29 is 9.53 Å². The molecule has 124 valence electrons. The number of methoxy groups -OCH3 is 1. The fourth-order valence-corrected chi connectivity index (χ4v) is 3.71. The molecule has 2 heterocycles. The molecule has 1 aliphatic carbocycles. The van der Waals surface area contributed by atoms with Gasteiger partial charge in [-0.15, -0.1) is 0 Å². The Morgan fingerprint density at radius 3 is 2.88 bits per heavy atom. The summed E-state index contributed by atoms with van der Waals surface area (Å²) in [6.45, 7) is 1.19. The van der Waals surface area contributed by atoms with Crippen molar-refractivity contribution in [1.82, 2.24) is 9.88 Å². The summed E-state index contributed by atoms with van der Waals surface area (Å²) in [5.74, 6) is 1.52. The highest BCUT2D eigenvalue weighted by Crippen LogP contribution is 2.45. The van der Waals surface area contributed by atoms with E-state index in [1.807, 2.05) is 23.1 Å². The Morgan fingerprint density at radius 2 is 2.17 bits per heavy atom. The van der Waals surface area contributed by atoms with Crippen molar-refractivity contribution in [2.24, 2.45) is 0 Å². The molecule has 0 saturated heterocycles. The molecule has 1 aliphatic heterocycles. The van der Waals surface area contributed by atoms with Crippen LogP contribution in [0, 0.1) is 0 Å². The SMILES string of the molecule is COc1ccnc(CN2Cc3c(cc(CBr)cc3C3CC3)C2=O)c1. The second-order valence-corrected chi connectivity index (χ2v) is 7.03. The number of halogens is 1. The van der Waals surface area contributed by atoms with Crippen LogP contribution in [-0.4, -0.2) is 22.9 Å². The minimum Gasteiger partial charge on any atom is -0.497 e. The first-order valence-electron chi connectivity index (χ1n) is 8.19. The number of alkyl halides is 1. The molecule has 1 saturated carbocycles. The van der Waals surface area contributed by atoms with Crippen molar-refractivity contribution in [3.8, 4) is 5.75 Å². The number of aromatic nitrogens is 1. The van der Waals surface area contributed by atoms with Gasteiger partial charge in [0.1, 0.15) is 5.75 Å². The highest BCUT2D eigenvalue weighted by Gasteiger charge is 2.35. The molecule has 0 unspecified atom stereocenters. The van der Waals surface area contributed by atoms with E-state index in [4.69, 9.17) is 4.74 Å². The molecule has 24 heavy (non-hydrogen) atoms. The number of hydrogen-bond acceptors (Lipinski definition) is 3. The average Bonchev–Trinajstić information content (AvgIpc) is 3.41. The van der Waals surface area contributed by atoms with E-state index in [1.54, 1.807) is 13.3 Å². The van der Waals surface area contributed by atoms with Crippen molar-refractivity contribution in [3.63, 3.8) is 0 Å². The second-order valence-electron chi connectivity index (χ2n) is 6.47. The molecule has 0 spiro atoms. The lowest BCUT2D eigenvalue weighted by Crippen LogP contribution is -2.23. The minimum absolute atomic E-state index is 0.110. The second kappa shape index (κ2) is 6.20. The van der Waals surface area contributed by atoms with E-state index < -0.39 is 0 Å². The van der Waals surface area contributed by atoms with Crippen LogP contribution >= 0.6 is 15.9 Å². The maximum absolute atomic E-state index is 12.9. The van der Waals surface area contributed by atoms with Gasteiger partial charge < -0.3 is 9.64 Å². The normalized spacial score (nSPS) is 16.4. The predicted molar refractivity (Wildman–Crippen MR) is 95.4 cm³/mol. The van der Waals surface area contributed by atoms with Gasteiger partial charge in [-0.05, 0) is 47.6 Å². The molecule has 4 nitrogen and oxygen atoms in total. The van der Waals surface area contributed by atoms with Crippen LogP contribution in [0.2, 0.25) is 0 Å². The van der Waals surface area contributed by atoms with Gasteiger partial charge in [0.15, 0.2) is 0 Å². The third kappa shape index (κ3) is 2.81. The summed E-state index contributed by atoms with van der Waals surface area (Å²) in [6.07, 6.45) is 4.20. The first kappa shape index (κ1) is 15.6. The zero-order valence-corrected chi connectivity index (χ0v) is 15.2. The van der Waals surface area contributed by atoms with Gasteiger partial charge in [0.25, 0.3) is 5.91 Å². The number of rotatable bonds is 5. The third-order valence-electron chi connectivity index (χ3n) is 4.76. The Hall–Kier alpha value is -1.88. The number of nitrogens with zero attached hydrogens (tertiary/aromatic N) is 2. The highest BCUT2D eigenvalue weighted by atomic mass is 79.9. The zero-order valence-electron chi connectivity index (χ0n) is 13.6. The van der Waals surface area contributed by atoms with Crippen LogP contribution in [0.15, 0.2) is 30.5 Å². The van der Waals surface area contributed by atoms with Gasteiger partial charge in [0.05, 0.1) is 19.3 Å². The molecule has 5 heteroatoms. The number of ether oxygens (including phenoxy) is 1. The predicted octanol–water partition coefficient (Wildman–Crippen LogP) is 4.02. The van der Waals surface area contributed by atoms with Crippen molar-refractivity contribution >= 4 is 21.8 Å². The van der Waals surface area contributed by atoms with E-state index in [2.05, 4.69) is 27.0 Å². The third-order valence-corrected chi connectivity index (χ3v) is 5.41. The lowest BCUT2D eigenvalue weighted by molar-refractivity contribution is 0.0764. The van der Waals surface area contributed by atoms with Gasteiger partial charge in [-0.1, -0.05) is 22.0 Å². The average molecular weight is 387 g/mol. The van der Waals surface area contributed by atoms with Crippen LogP contribution < -0.4 is 4.74 Å². The minimum atomic E-state index is 0.110. The molecular formula is C19H19BrN2O2. The molecule has 2 aromatic rings.